The average molecular weight is 528 g/mol. The number of hydrogen-bond donors (Lipinski definition) is 1. The Hall–Kier alpha value is -4.40. The molecule has 0 unspecified atom stereocenters. The van der Waals surface area contributed by atoms with Crippen LogP contribution in [-0.2, 0) is 16.1 Å². The summed E-state index contributed by atoms with van der Waals surface area (Å²) in [6.45, 7) is -0.0874. The van der Waals surface area contributed by atoms with Crippen molar-refractivity contribution >= 4 is 28.5 Å². The van der Waals surface area contributed by atoms with E-state index in [-0.39, 0.29) is 24.4 Å². The number of hydrogen-bond acceptors (Lipinski definition) is 6. The highest BCUT2D eigenvalue weighted by Gasteiger charge is 2.35. The van der Waals surface area contributed by atoms with Crippen LogP contribution in [0.5, 0.6) is 11.5 Å². The van der Waals surface area contributed by atoms with Gasteiger partial charge in [-0.05, 0) is 54.8 Å². The third-order valence-electron chi connectivity index (χ3n) is 7.19. The summed E-state index contributed by atoms with van der Waals surface area (Å²) in [5.74, 6) is 0.484. The Labute approximate surface area is 227 Å². The number of nitrogens with zero attached hydrogens (tertiary/aromatic N) is 4. The molecule has 1 aliphatic rings. The standard InChI is InChI=1S/C30H33N5O4/c1-38-26-18-17-21(19-27(26)39-2)29(30(37)31-22-11-5-3-6-12-22)35(23-13-7-4-8-14-23)28(36)20-34-25-16-10-9-15-24(25)32-33-34/h4,7-10,13-19,22,29H,3,5-6,11-12,20H2,1-2H3,(H,31,37)/t29-/m1/s1. The van der Waals surface area contributed by atoms with Gasteiger partial charge in [0.25, 0.3) is 0 Å². The highest BCUT2D eigenvalue weighted by atomic mass is 16.5. The van der Waals surface area contributed by atoms with E-state index in [1.54, 1.807) is 42.0 Å². The predicted octanol–water partition coefficient (Wildman–Crippen LogP) is 4.67. The molecule has 9 nitrogen and oxygen atoms in total. The number of anilines is 1. The molecule has 1 atom stereocenters. The van der Waals surface area contributed by atoms with Gasteiger partial charge >= 0.3 is 0 Å². The minimum atomic E-state index is -0.948. The van der Waals surface area contributed by atoms with Crippen LogP contribution in [0.15, 0.2) is 72.8 Å². The van der Waals surface area contributed by atoms with Gasteiger partial charge in [0, 0.05) is 11.7 Å². The zero-order chi connectivity index (χ0) is 27.2. The number of methoxy groups -OCH3 is 2. The van der Waals surface area contributed by atoms with Crippen molar-refractivity contribution in [1.82, 2.24) is 20.3 Å². The largest absolute Gasteiger partial charge is 0.493 e. The molecule has 1 fully saturated rings. The number of carbonyl (C=O) groups excluding carboxylic acids is 2. The Morgan fingerprint density at radius 3 is 2.41 bits per heavy atom. The van der Waals surface area contributed by atoms with Crippen LogP contribution in [0.1, 0.15) is 43.7 Å². The molecule has 1 aromatic heterocycles. The van der Waals surface area contributed by atoms with Crippen molar-refractivity contribution in [3.63, 3.8) is 0 Å². The Morgan fingerprint density at radius 1 is 0.949 bits per heavy atom. The monoisotopic (exact) mass is 527 g/mol. The zero-order valence-corrected chi connectivity index (χ0v) is 22.2. The first-order valence-electron chi connectivity index (χ1n) is 13.3. The van der Waals surface area contributed by atoms with Gasteiger partial charge in [-0.25, -0.2) is 4.68 Å². The maximum absolute atomic E-state index is 14.1. The zero-order valence-electron chi connectivity index (χ0n) is 22.2. The van der Waals surface area contributed by atoms with Gasteiger partial charge in [-0.3, -0.25) is 14.5 Å². The molecule has 9 heteroatoms. The maximum Gasteiger partial charge on any atom is 0.249 e. The summed E-state index contributed by atoms with van der Waals surface area (Å²) in [5, 5.41) is 11.6. The molecule has 1 heterocycles. The van der Waals surface area contributed by atoms with E-state index in [0.717, 1.165) is 31.2 Å². The second-order valence-electron chi connectivity index (χ2n) is 9.70. The number of ether oxygens (including phenoxy) is 2. The van der Waals surface area contributed by atoms with E-state index in [2.05, 4.69) is 15.6 Å². The molecule has 0 radical (unpaired) electrons. The molecule has 2 amide bonds. The number of carbonyl (C=O) groups is 2. The second-order valence-corrected chi connectivity index (χ2v) is 9.70. The van der Waals surface area contributed by atoms with E-state index in [1.807, 2.05) is 54.6 Å². The number of para-hydroxylation sites is 2. The lowest BCUT2D eigenvalue weighted by Gasteiger charge is -2.33. The predicted molar refractivity (Wildman–Crippen MR) is 149 cm³/mol. The van der Waals surface area contributed by atoms with Gasteiger partial charge in [0.05, 0.1) is 19.7 Å². The minimum absolute atomic E-state index is 0.0703. The van der Waals surface area contributed by atoms with Crippen molar-refractivity contribution in [2.24, 2.45) is 0 Å². The normalized spacial score (nSPS) is 14.5. The van der Waals surface area contributed by atoms with Crippen molar-refractivity contribution in [2.45, 2.75) is 50.7 Å². The number of fused-ring (bicyclic) bond motifs is 1. The number of amides is 2. The fraction of sp³-hybridized carbons (Fsp3) is 0.333. The van der Waals surface area contributed by atoms with Gasteiger partial charge in [-0.2, -0.15) is 0 Å². The van der Waals surface area contributed by atoms with Crippen LogP contribution in [-0.4, -0.2) is 47.1 Å². The topological polar surface area (TPSA) is 98.6 Å². The quantitative estimate of drug-likeness (QED) is 0.340. The van der Waals surface area contributed by atoms with E-state index in [9.17, 15) is 9.59 Å². The molecule has 0 saturated heterocycles. The summed E-state index contributed by atoms with van der Waals surface area (Å²) in [4.78, 5) is 29.8. The summed E-state index contributed by atoms with van der Waals surface area (Å²) in [6.07, 6.45) is 5.18. The molecule has 5 rings (SSSR count). The lowest BCUT2D eigenvalue weighted by molar-refractivity contribution is -0.127. The molecule has 1 saturated carbocycles. The van der Waals surface area contributed by atoms with Gasteiger partial charge in [0.2, 0.25) is 11.8 Å². The van der Waals surface area contributed by atoms with Crippen molar-refractivity contribution in [3.05, 3.63) is 78.4 Å². The summed E-state index contributed by atoms with van der Waals surface area (Å²) >= 11 is 0. The lowest BCUT2D eigenvalue weighted by atomic mass is 9.94. The number of nitrogens with one attached hydrogen (secondary N) is 1. The molecule has 0 spiro atoms. The van der Waals surface area contributed by atoms with Gasteiger partial charge in [-0.1, -0.05) is 60.9 Å². The maximum atomic E-state index is 14.1. The van der Waals surface area contributed by atoms with E-state index in [4.69, 9.17) is 9.47 Å². The highest BCUT2D eigenvalue weighted by molar-refractivity contribution is 6.01. The highest BCUT2D eigenvalue weighted by Crippen LogP contribution is 2.35. The first-order chi connectivity index (χ1) is 19.1. The molecule has 202 valence electrons. The van der Waals surface area contributed by atoms with E-state index >= 15 is 0 Å². The third kappa shape index (κ3) is 5.72. The Bertz CT molecular complexity index is 1430. The van der Waals surface area contributed by atoms with Crippen molar-refractivity contribution in [3.8, 4) is 11.5 Å². The van der Waals surface area contributed by atoms with Crippen molar-refractivity contribution < 1.29 is 19.1 Å². The number of benzene rings is 3. The first kappa shape index (κ1) is 26.2. The molecule has 4 aromatic rings. The molecule has 1 aliphatic carbocycles. The Balaban J connectivity index is 1.58. The summed E-state index contributed by atoms with van der Waals surface area (Å²) in [6, 6.07) is 21.2. The van der Waals surface area contributed by atoms with Crippen LogP contribution in [0.4, 0.5) is 5.69 Å². The smallest absolute Gasteiger partial charge is 0.249 e. The van der Waals surface area contributed by atoms with Gasteiger partial charge in [0.15, 0.2) is 11.5 Å². The Morgan fingerprint density at radius 2 is 1.67 bits per heavy atom. The van der Waals surface area contributed by atoms with Gasteiger partial charge in [-0.15, -0.1) is 5.10 Å². The lowest BCUT2D eigenvalue weighted by Crippen LogP contribution is -2.48. The minimum Gasteiger partial charge on any atom is -0.493 e. The molecule has 0 bridgehead atoms. The van der Waals surface area contributed by atoms with E-state index in [0.29, 0.717) is 28.3 Å². The van der Waals surface area contributed by atoms with E-state index < -0.39 is 6.04 Å². The van der Waals surface area contributed by atoms with Crippen LogP contribution < -0.4 is 19.7 Å². The van der Waals surface area contributed by atoms with Gasteiger partial charge < -0.3 is 14.8 Å². The fourth-order valence-corrected chi connectivity index (χ4v) is 5.23. The van der Waals surface area contributed by atoms with Crippen LogP contribution in [0.25, 0.3) is 11.0 Å². The van der Waals surface area contributed by atoms with Gasteiger partial charge in [0.1, 0.15) is 18.1 Å². The van der Waals surface area contributed by atoms with Crippen LogP contribution in [0.2, 0.25) is 0 Å². The van der Waals surface area contributed by atoms with Crippen LogP contribution in [0, 0.1) is 0 Å². The van der Waals surface area contributed by atoms with Crippen LogP contribution in [0.3, 0.4) is 0 Å². The number of aromatic nitrogens is 3. The van der Waals surface area contributed by atoms with E-state index in [1.165, 1.54) is 6.42 Å². The van der Waals surface area contributed by atoms with Crippen molar-refractivity contribution in [2.75, 3.05) is 19.1 Å². The SMILES string of the molecule is COc1ccc([C@H](C(=O)NC2CCCCC2)N(C(=O)Cn2nnc3ccccc32)c2ccccc2)cc1OC. The Kier molecular flexibility index (Phi) is 8.05. The second kappa shape index (κ2) is 12.0. The molecule has 0 aliphatic heterocycles. The molecule has 3 aromatic carbocycles. The number of rotatable bonds is 9. The summed E-state index contributed by atoms with van der Waals surface area (Å²) in [7, 11) is 3.11. The molecule has 39 heavy (non-hydrogen) atoms. The molecular weight excluding hydrogens is 494 g/mol. The summed E-state index contributed by atoms with van der Waals surface area (Å²) < 4.78 is 12.6. The summed E-state index contributed by atoms with van der Waals surface area (Å²) in [5.41, 5.74) is 2.66. The third-order valence-corrected chi connectivity index (χ3v) is 7.19. The average Bonchev–Trinajstić information content (AvgIpc) is 3.38. The first-order valence-corrected chi connectivity index (χ1v) is 13.3. The fourth-order valence-electron chi connectivity index (χ4n) is 5.23. The molecular formula is C30H33N5O4. The van der Waals surface area contributed by atoms with Crippen LogP contribution >= 0.6 is 0 Å². The molecule has 1 N–H and O–H groups in total. The van der Waals surface area contributed by atoms with Crippen molar-refractivity contribution in [1.29, 1.82) is 0 Å².